The first-order valence-electron chi connectivity index (χ1n) is 25.5. The van der Waals surface area contributed by atoms with E-state index in [1.165, 1.54) is 84.0 Å². The maximum Gasteiger partial charge on any atom is 0.408 e. The van der Waals surface area contributed by atoms with E-state index in [4.69, 9.17) is 28.0 Å². The number of hydrogen-bond donors (Lipinski definition) is 10. The smallest absolute Gasteiger partial charge is 0.408 e. The minimum Gasteiger partial charge on any atom is -0.478 e. The second-order valence-electron chi connectivity index (χ2n) is 19.9. The Balaban J connectivity index is 0.000000414. The summed E-state index contributed by atoms with van der Waals surface area (Å²) in [6, 6.07) is 8.94. The molecule has 5 amide bonds. The molecule has 0 aliphatic rings. The summed E-state index contributed by atoms with van der Waals surface area (Å²) in [6.45, 7) is 17.0. The van der Waals surface area contributed by atoms with Crippen molar-refractivity contribution in [2.45, 2.75) is 108 Å². The number of nitrogen functional groups attached to an aromatic ring is 4. The summed E-state index contributed by atoms with van der Waals surface area (Å²) in [5.74, 6) is -9.44. The third-order valence-corrected chi connectivity index (χ3v) is 12.9. The Kier molecular flexibility index (Phi) is 24.8. The van der Waals surface area contributed by atoms with Crippen molar-refractivity contribution < 1.29 is 74.6 Å². The highest BCUT2D eigenvalue weighted by atomic mass is 19.4. The van der Waals surface area contributed by atoms with Gasteiger partial charge in [0.1, 0.15) is 23.5 Å². The Bertz CT molecular complexity index is 3620. The number of aromatic nitrogens is 3. The van der Waals surface area contributed by atoms with Gasteiger partial charge in [0.25, 0.3) is 46.9 Å². The molecule has 0 saturated carbocycles. The lowest BCUT2D eigenvalue weighted by molar-refractivity contribution is -0.156. The normalized spacial score (nSPS) is 11.0. The van der Waals surface area contributed by atoms with Crippen molar-refractivity contribution in [2.75, 3.05) is 33.6 Å². The molecule has 0 radical (unpaired) electrons. The molecule has 28 heteroatoms. The average molecular weight is 1210 g/mol. The molecule has 0 bridgehead atoms. The third-order valence-electron chi connectivity index (χ3n) is 12.9. The number of rotatable bonds is 14. The van der Waals surface area contributed by atoms with Gasteiger partial charge in [0.15, 0.2) is 0 Å². The predicted octanol–water partition coefficient (Wildman–Crippen LogP) is 7.86. The number of Topliss-reactive ketones (excluding diaryl/α,β-unsaturated/α-hetero) is 3. The van der Waals surface area contributed by atoms with Crippen LogP contribution in [0.25, 0.3) is 0 Å². The quantitative estimate of drug-likeness (QED) is 0.0215. The molecule has 3 aromatic carbocycles. The fraction of sp³-hybridized carbons (Fsp3) is 0.328. The van der Waals surface area contributed by atoms with E-state index in [2.05, 4.69) is 21.3 Å². The van der Waals surface area contributed by atoms with Gasteiger partial charge < -0.3 is 68.3 Å². The molecule has 3 aromatic heterocycles. The lowest BCUT2D eigenvalue weighted by Gasteiger charge is -2.16. The van der Waals surface area contributed by atoms with E-state index in [-0.39, 0.29) is 81.6 Å². The van der Waals surface area contributed by atoms with Crippen molar-refractivity contribution in [1.82, 2.24) is 29.7 Å². The van der Waals surface area contributed by atoms with Crippen LogP contribution in [0.1, 0.15) is 138 Å². The molecule has 86 heavy (non-hydrogen) atoms. The van der Waals surface area contributed by atoms with Crippen LogP contribution < -0.4 is 49.5 Å². The Morgan fingerprint density at radius 3 is 1.03 bits per heavy atom. The number of nitrogens with two attached hydrogens (primary N) is 4. The number of benzene rings is 3. The maximum atomic E-state index is 13.3. The van der Waals surface area contributed by atoms with E-state index in [1.54, 1.807) is 67.9 Å². The lowest BCUT2D eigenvalue weighted by Crippen LogP contribution is -2.46. The minimum absolute atomic E-state index is 0. The summed E-state index contributed by atoms with van der Waals surface area (Å²) in [6.07, 6.45) is -4.71. The molecule has 0 unspecified atom stereocenters. The zero-order chi connectivity index (χ0) is 65.2. The Morgan fingerprint density at radius 1 is 0.477 bits per heavy atom. The number of ketones is 3. The van der Waals surface area contributed by atoms with Gasteiger partial charge in [-0.15, -0.1) is 0 Å². The highest BCUT2D eigenvalue weighted by molar-refractivity contribution is 6.44. The molecule has 22 nitrogen and oxygen atoms in total. The van der Waals surface area contributed by atoms with E-state index in [1.807, 2.05) is 0 Å². The van der Waals surface area contributed by atoms with Gasteiger partial charge in [-0.25, -0.2) is 18.0 Å². The van der Waals surface area contributed by atoms with Crippen LogP contribution in [0.5, 0.6) is 0 Å². The topological polar surface area (TPSA) is 353 Å². The molecule has 0 fully saturated rings. The Morgan fingerprint density at radius 2 is 0.767 bits per heavy atom. The minimum atomic E-state index is -4.71. The van der Waals surface area contributed by atoms with Gasteiger partial charge in [0.2, 0.25) is 0 Å². The van der Waals surface area contributed by atoms with Gasteiger partial charge in [-0.2, -0.15) is 13.2 Å². The summed E-state index contributed by atoms with van der Waals surface area (Å²) >= 11 is 0. The number of halogens is 6. The molecule has 14 N–H and O–H groups in total. The molecule has 6 aromatic rings. The second kappa shape index (κ2) is 29.6. The van der Waals surface area contributed by atoms with Crippen molar-refractivity contribution in [2.24, 2.45) is 21.1 Å². The first kappa shape index (κ1) is 72.2. The summed E-state index contributed by atoms with van der Waals surface area (Å²) in [4.78, 5) is 110. The van der Waals surface area contributed by atoms with Gasteiger partial charge in [0, 0.05) is 67.4 Å². The highest BCUT2D eigenvalue weighted by Gasteiger charge is 2.39. The monoisotopic (exact) mass is 1210 g/mol. The third kappa shape index (κ3) is 17.3. The van der Waals surface area contributed by atoms with Crippen LogP contribution in [0, 0.1) is 59.0 Å². The molecule has 0 aliphatic carbocycles. The highest BCUT2D eigenvalue weighted by Crippen LogP contribution is 2.28. The largest absolute Gasteiger partial charge is 0.478 e. The van der Waals surface area contributed by atoms with E-state index in [9.17, 15) is 69.5 Å². The van der Waals surface area contributed by atoms with Crippen molar-refractivity contribution in [3.05, 3.63) is 140 Å². The zero-order valence-electron chi connectivity index (χ0n) is 49.0. The van der Waals surface area contributed by atoms with Crippen LogP contribution in [-0.2, 0) is 35.5 Å². The lowest BCUT2D eigenvalue weighted by atomic mass is 10.1. The molecule has 0 saturated heterocycles. The summed E-state index contributed by atoms with van der Waals surface area (Å²) in [5, 5.41) is 20.9. The number of carboxylic acid groups (broad SMARTS) is 1. The molecule has 0 aliphatic heterocycles. The molecule has 1 atom stereocenters. The van der Waals surface area contributed by atoms with Crippen LogP contribution in [0.2, 0.25) is 0 Å². The number of hydrogen-bond acceptors (Lipinski definition) is 13. The zero-order valence-corrected chi connectivity index (χ0v) is 49.0. The number of nitrogens with zero attached hydrogens (tertiary/aromatic N) is 3. The van der Waals surface area contributed by atoms with Gasteiger partial charge in [-0.3, -0.25) is 38.4 Å². The fourth-order valence-corrected chi connectivity index (χ4v) is 8.40. The van der Waals surface area contributed by atoms with Crippen molar-refractivity contribution in [3.63, 3.8) is 0 Å². The van der Waals surface area contributed by atoms with E-state index in [0.717, 1.165) is 12.1 Å². The van der Waals surface area contributed by atoms with Crippen LogP contribution in [0.4, 0.5) is 60.5 Å². The van der Waals surface area contributed by atoms with Crippen molar-refractivity contribution in [3.8, 4) is 0 Å². The standard InChI is InChI=1S/C19H20F4N4O3.C19H23FN4O3.C13H18N2O4.C6H7FN2.CH4/c1-8-14(17(29)26-11-5-6-12(20)13(24)7-11)9(2)27(4)15(8)16(28)18(30)25-10(3)19(21,22)23;1-9(2)22-19(27)17(25)16-10(3)15(11(4)24(16)5)18(26)23-12-6-7-13(20)14(21)8-12;1-6(2)14-12(17)11(16)10-7(3)9(13(18)19)8(4)15(10)5;7-5-2-1-4(8)3-6(5)9;/h5-7,10H,24H2,1-4H3,(H,25,30)(H,26,29);6-9H,21H2,1-5H3,(H,22,27)(H,23,26);6H,1-5H3,(H,14,17)(H,18,19);1-3H,8-9H2;1H4/t10-;;;;/m0..../s1. The second-order valence-corrected chi connectivity index (χ2v) is 19.9. The SMILES string of the molecule is C.Cc1c(C(=O)Nc2ccc(F)c(N)c2)c(C)n(C)c1C(=O)C(=O)NC(C)C.Cc1c(C(=O)Nc2ccc(F)c(N)c2)c(C)n(C)c1C(=O)C(=O)N[C@@H](C)C(F)(F)F.Cc1c(C(=O)O)c(C)n(C)c1C(=O)C(=O)NC(C)C.Nc1ccc(F)c(N)c1. The molecule has 6 rings (SSSR count). The Labute approximate surface area is 492 Å². The number of aromatic carboxylic acids is 1. The number of anilines is 6. The fourth-order valence-electron chi connectivity index (χ4n) is 8.40. The predicted molar refractivity (Wildman–Crippen MR) is 314 cm³/mol. The van der Waals surface area contributed by atoms with Crippen LogP contribution in [0.15, 0.2) is 54.6 Å². The van der Waals surface area contributed by atoms with Gasteiger partial charge in [-0.1, -0.05) is 7.43 Å². The summed E-state index contributed by atoms with van der Waals surface area (Å²) in [7, 11) is 4.60. The molecule has 3 heterocycles. The number of carboxylic acids is 1. The van der Waals surface area contributed by atoms with Gasteiger partial charge in [0.05, 0.1) is 50.8 Å². The van der Waals surface area contributed by atoms with E-state index < -0.39 is 82.5 Å². The van der Waals surface area contributed by atoms with Crippen LogP contribution in [0.3, 0.4) is 0 Å². The van der Waals surface area contributed by atoms with Gasteiger partial charge >= 0.3 is 12.1 Å². The average Bonchev–Trinajstić information content (AvgIpc) is 1.85. The first-order chi connectivity index (χ1) is 39.2. The Hall–Kier alpha value is -9.89. The van der Waals surface area contributed by atoms with Crippen molar-refractivity contribution >= 4 is 87.0 Å². The van der Waals surface area contributed by atoms with Gasteiger partial charge in [-0.05, 0) is 147 Å². The first-order valence-corrected chi connectivity index (χ1v) is 25.5. The number of carbonyl (C=O) groups is 9. The number of nitrogens with one attached hydrogen (secondary N) is 5. The summed E-state index contributed by atoms with van der Waals surface area (Å²) in [5.41, 5.74) is 24.8. The molecular formula is C58H72F6N12O10. The van der Waals surface area contributed by atoms with E-state index in [0.29, 0.717) is 46.5 Å². The number of alkyl halides is 3. The van der Waals surface area contributed by atoms with Crippen LogP contribution >= 0.6 is 0 Å². The summed E-state index contributed by atoms with van der Waals surface area (Å²) < 4.78 is 81.1. The van der Waals surface area contributed by atoms with Crippen molar-refractivity contribution in [1.29, 1.82) is 0 Å². The number of amides is 5. The maximum absolute atomic E-state index is 13.3. The number of carbonyl (C=O) groups excluding carboxylic acids is 8. The molecule has 0 spiro atoms. The van der Waals surface area contributed by atoms with Crippen LogP contribution in [-0.4, -0.2) is 96.0 Å². The molecular weight excluding hydrogens is 1140 g/mol. The van der Waals surface area contributed by atoms with E-state index >= 15 is 0 Å². The molecule has 466 valence electrons.